The van der Waals surface area contributed by atoms with Crippen LogP contribution in [0.4, 0.5) is 14.5 Å². The molecule has 3 aromatic rings. The second-order valence-corrected chi connectivity index (χ2v) is 10.4. The van der Waals surface area contributed by atoms with Gasteiger partial charge in [0.15, 0.2) is 11.6 Å². The van der Waals surface area contributed by atoms with E-state index in [9.17, 15) is 22.5 Å². The predicted molar refractivity (Wildman–Crippen MR) is 133 cm³/mol. The molecule has 10 nitrogen and oxygen atoms in total. The van der Waals surface area contributed by atoms with Gasteiger partial charge in [-0.2, -0.15) is 18.0 Å². The van der Waals surface area contributed by atoms with Gasteiger partial charge in [0.2, 0.25) is 5.88 Å². The van der Waals surface area contributed by atoms with Crippen LogP contribution in [0.1, 0.15) is 25.3 Å². The van der Waals surface area contributed by atoms with E-state index in [0.717, 1.165) is 16.4 Å². The number of fused-ring (bicyclic) bond motifs is 1. The number of halogens is 2. The molecule has 0 amide bonds. The van der Waals surface area contributed by atoms with E-state index in [2.05, 4.69) is 20.0 Å². The van der Waals surface area contributed by atoms with Gasteiger partial charge in [-0.15, -0.1) is 0 Å². The van der Waals surface area contributed by atoms with Crippen LogP contribution in [0, 0.1) is 17.1 Å². The fourth-order valence-corrected chi connectivity index (χ4v) is 4.63. The van der Waals surface area contributed by atoms with E-state index in [4.69, 9.17) is 9.47 Å². The Hall–Kier alpha value is -3.60. The second kappa shape index (κ2) is 10.8. The molecule has 2 N–H and O–H groups in total. The summed E-state index contributed by atoms with van der Waals surface area (Å²) in [7, 11) is -2.59. The lowest BCUT2D eigenvalue weighted by Crippen LogP contribution is -2.42. The first-order valence-corrected chi connectivity index (χ1v) is 13.0. The Balaban J connectivity index is 1.59. The molecule has 0 saturated carbocycles. The molecule has 0 atom stereocenters. The molecule has 37 heavy (non-hydrogen) atoms. The van der Waals surface area contributed by atoms with E-state index in [0.29, 0.717) is 37.0 Å². The van der Waals surface area contributed by atoms with Crippen LogP contribution in [-0.4, -0.2) is 61.6 Å². The number of anilines is 1. The lowest BCUT2D eigenvalue weighted by Gasteiger charge is -2.29. The molecular formula is C24H26F2N6O4S. The van der Waals surface area contributed by atoms with Gasteiger partial charge in [0.1, 0.15) is 29.7 Å². The number of nitrogens with one attached hydrogen (secondary N) is 2. The van der Waals surface area contributed by atoms with Crippen molar-refractivity contribution in [1.82, 2.24) is 19.6 Å². The Morgan fingerprint density at radius 1 is 1.24 bits per heavy atom. The smallest absolute Gasteiger partial charge is 0.301 e. The van der Waals surface area contributed by atoms with Crippen LogP contribution in [0.25, 0.3) is 11.0 Å². The van der Waals surface area contributed by atoms with Crippen molar-refractivity contribution in [3.05, 3.63) is 47.9 Å². The summed E-state index contributed by atoms with van der Waals surface area (Å²) >= 11 is 0. The molecule has 0 radical (unpaired) electrons. The molecule has 1 aliphatic rings. The minimum absolute atomic E-state index is 0.125. The van der Waals surface area contributed by atoms with Crippen LogP contribution in [0.3, 0.4) is 0 Å². The number of nitrogens with zero attached hydrogens (tertiary/aromatic N) is 4. The molecule has 1 aliphatic heterocycles. The fraction of sp³-hybridized carbons (Fsp3) is 0.375. The highest BCUT2D eigenvalue weighted by Crippen LogP contribution is 2.34. The first kappa shape index (κ1) is 26.5. The van der Waals surface area contributed by atoms with Crippen molar-refractivity contribution in [3.8, 4) is 23.4 Å². The predicted octanol–water partition coefficient (Wildman–Crippen LogP) is 3.51. The summed E-state index contributed by atoms with van der Waals surface area (Å²) in [6, 6.07) is 8.51. The minimum Gasteiger partial charge on any atom is -0.473 e. The zero-order valence-electron chi connectivity index (χ0n) is 20.3. The third-order valence-electron chi connectivity index (χ3n) is 6.01. The van der Waals surface area contributed by atoms with Crippen molar-refractivity contribution in [2.75, 3.05) is 38.0 Å². The number of hydrogen-bond donors (Lipinski definition) is 2. The number of alkyl halides is 1. The quantitative estimate of drug-likeness (QED) is 0.428. The van der Waals surface area contributed by atoms with Crippen LogP contribution in [0.5, 0.6) is 17.4 Å². The third-order valence-corrected chi connectivity index (χ3v) is 7.56. The van der Waals surface area contributed by atoms with Gasteiger partial charge in [-0.25, -0.2) is 18.7 Å². The van der Waals surface area contributed by atoms with Gasteiger partial charge in [0, 0.05) is 19.7 Å². The van der Waals surface area contributed by atoms with Gasteiger partial charge in [0.25, 0.3) is 0 Å². The number of piperidine rings is 1. The highest BCUT2D eigenvalue weighted by Gasteiger charge is 2.32. The molecular weight excluding hydrogens is 506 g/mol. The molecule has 1 fully saturated rings. The van der Waals surface area contributed by atoms with Crippen LogP contribution in [0.2, 0.25) is 0 Å². The van der Waals surface area contributed by atoms with E-state index in [1.165, 1.54) is 25.4 Å². The summed E-state index contributed by atoms with van der Waals surface area (Å²) in [4.78, 5) is 8.61. The van der Waals surface area contributed by atoms with Crippen molar-refractivity contribution in [2.45, 2.75) is 25.4 Å². The van der Waals surface area contributed by atoms with E-state index in [-0.39, 0.29) is 36.0 Å². The van der Waals surface area contributed by atoms with Crippen LogP contribution >= 0.6 is 0 Å². The van der Waals surface area contributed by atoms with E-state index >= 15 is 0 Å². The van der Waals surface area contributed by atoms with Gasteiger partial charge in [-0.3, -0.25) is 4.72 Å². The van der Waals surface area contributed by atoms with Crippen molar-refractivity contribution >= 4 is 26.9 Å². The Labute approximate surface area is 213 Å². The molecule has 0 unspecified atom stereocenters. The molecule has 13 heteroatoms. The van der Waals surface area contributed by atoms with Gasteiger partial charge < -0.3 is 14.8 Å². The maximum absolute atomic E-state index is 14.8. The van der Waals surface area contributed by atoms with Crippen molar-refractivity contribution in [1.29, 1.82) is 5.26 Å². The SMILES string of the molecule is CCN(C)S(=O)(=O)Nc1ccc(F)c(Oc2ccc3ncc(OCC4(F)CCNCC4)nc3c2)c1C#N. The van der Waals surface area contributed by atoms with Crippen LogP contribution in [-0.2, 0) is 10.2 Å². The first-order chi connectivity index (χ1) is 17.6. The molecule has 2 aromatic carbocycles. The highest BCUT2D eigenvalue weighted by atomic mass is 32.2. The average Bonchev–Trinajstić information content (AvgIpc) is 2.89. The zero-order valence-corrected chi connectivity index (χ0v) is 21.1. The maximum Gasteiger partial charge on any atom is 0.301 e. The summed E-state index contributed by atoms with van der Waals surface area (Å²) in [5.41, 5.74) is -1.08. The number of hydrogen-bond acceptors (Lipinski definition) is 8. The Bertz CT molecular complexity index is 1440. The summed E-state index contributed by atoms with van der Waals surface area (Å²) in [6.45, 7) is 2.82. The molecule has 4 rings (SSSR count). The largest absolute Gasteiger partial charge is 0.473 e. The fourth-order valence-electron chi connectivity index (χ4n) is 3.69. The van der Waals surface area contributed by atoms with E-state index in [1.54, 1.807) is 19.1 Å². The Kier molecular flexibility index (Phi) is 7.72. The Morgan fingerprint density at radius 2 is 2.00 bits per heavy atom. The summed E-state index contributed by atoms with van der Waals surface area (Å²) in [5, 5.41) is 12.8. The van der Waals surface area contributed by atoms with Gasteiger partial charge in [-0.05, 0) is 50.2 Å². The molecule has 1 aromatic heterocycles. The summed E-state index contributed by atoms with van der Waals surface area (Å²) < 4.78 is 69.0. The van der Waals surface area contributed by atoms with Gasteiger partial charge in [0.05, 0.1) is 22.9 Å². The molecule has 1 saturated heterocycles. The Morgan fingerprint density at radius 3 is 2.70 bits per heavy atom. The summed E-state index contributed by atoms with van der Waals surface area (Å²) in [5.74, 6) is -1.06. The second-order valence-electron chi connectivity index (χ2n) is 8.58. The lowest BCUT2D eigenvalue weighted by molar-refractivity contribution is 0.0519. The molecule has 196 valence electrons. The number of aromatic nitrogens is 2. The maximum atomic E-state index is 14.8. The van der Waals surface area contributed by atoms with Crippen LogP contribution < -0.4 is 19.5 Å². The number of rotatable bonds is 9. The standard InChI is InChI=1S/C24H26F2N6O4S/c1-3-32(2)37(33,34)31-19-7-5-18(25)23(17(19)13-27)36-16-4-6-20-21(12-16)30-22(14-29-20)35-15-24(26)8-10-28-11-9-24/h4-7,12,14,28,31H,3,8-11,15H2,1-2H3. The lowest BCUT2D eigenvalue weighted by atomic mass is 9.96. The van der Waals surface area contributed by atoms with E-state index in [1.807, 2.05) is 0 Å². The van der Waals surface area contributed by atoms with Crippen LogP contribution in [0.15, 0.2) is 36.5 Å². The van der Waals surface area contributed by atoms with Crippen molar-refractivity contribution < 1.29 is 26.7 Å². The highest BCUT2D eigenvalue weighted by molar-refractivity contribution is 7.90. The average molecular weight is 533 g/mol. The summed E-state index contributed by atoms with van der Waals surface area (Å²) in [6.07, 6.45) is 2.06. The third kappa shape index (κ3) is 6.04. The topological polar surface area (TPSA) is 129 Å². The molecule has 2 heterocycles. The molecule has 0 spiro atoms. The van der Waals surface area contributed by atoms with Gasteiger partial charge in [-0.1, -0.05) is 6.92 Å². The normalized spacial score (nSPS) is 15.4. The van der Waals surface area contributed by atoms with Crippen molar-refractivity contribution in [3.63, 3.8) is 0 Å². The monoisotopic (exact) mass is 532 g/mol. The number of benzene rings is 2. The number of nitriles is 1. The van der Waals surface area contributed by atoms with E-state index < -0.39 is 27.4 Å². The molecule has 0 aliphatic carbocycles. The van der Waals surface area contributed by atoms with Gasteiger partial charge >= 0.3 is 10.2 Å². The first-order valence-electron chi connectivity index (χ1n) is 11.6. The minimum atomic E-state index is -3.96. The molecule has 0 bridgehead atoms. The van der Waals surface area contributed by atoms with Crippen molar-refractivity contribution in [2.24, 2.45) is 0 Å². The zero-order chi connectivity index (χ0) is 26.6. The number of ether oxygens (including phenoxy) is 2.